The monoisotopic (exact) mass is 419 g/mol. The smallest absolute Gasteiger partial charge is 0.332 e. The molecule has 31 heavy (non-hydrogen) atoms. The lowest BCUT2D eigenvalue weighted by atomic mass is 10.1. The Labute approximate surface area is 180 Å². The van der Waals surface area contributed by atoms with Crippen molar-refractivity contribution in [2.24, 2.45) is 0 Å². The van der Waals surface area contributed by atoms with Gasteiger partial charge in [-0.25, -0.2) is 4.79 Å². The number of aromatic nitrogens is 1. The van der Waals surface area contributed by atoms with Crippen LogP contribution in [0.4, 0.5) is 10.5 Å². The molecule has 0 bridgehead atoms. The topological polar surface area (TPSA) is 75.8 Å². The zero-order valence-corrected chi connectivity index (χ0v) is 18.1. The first-order valence-corrected chi connectivity index (χ1v) is 10.2. The molecular formula is C24H25N3O4. The van der Waals surface area contributed by atoms with E-state index in [0.29, 0.717) is 17.8 Å². The fourth-order valence-electron chi connectivity index (χ4n) is 4.02. The van der Waals surface area contributed by atoms with Gasteiger partial charge in [-0.05, 0) is 58.0 Å². The maximum Gasteiger partial charge on any atom is 0.332 e. The van der Waals surface area contributed by atoms with Crippen molar-refractivity contribution in [1.29, 1.82) is 0 Å². The molecule has 0 aliphatic carbocycles. The van der Waals surface area contributed by atoms with Crippen molar-refractivity contribution in [3.8, 4) is 0 Å². The number of amides is 3. The van der Waals surface area contributed by atoms with E-state index in [-0.39, 0.29) is 18.2 Å². The molecule has 3 heterocycles. The summed E-state index contributed by atoms with van der Waals surface area (Å²) in [6, 6.07) is 11.8. The maximum atomic E-state index is 13.1. The number of anilines is 1. The number of carbonyl (C=O) groups is 3. The molecule has 7 heteroatoms. The second-order valence-corrected chi connectivity index (χ2v) is 7.96. The lowest BCUT2D eigenvalue weighted by Crippen LogP contribution is -2.37. The minimum atomic E-state index is -0.658. The standard InChI is InChI=1S/C24H25N3O4/c1-15-7-9-19(10-8-15)27-18(4)23(29)26(24(27)30)14-22(28)21-12-16(2)25(17(21)3)13-20-6-5-11-31-20/h5-12,18H,13-14H2,1-4H3/t18-/m0/s1. The van der Waals surface area contributed by atoms with Gasteiger partial charge in [-0.1, -0.05) is 17.7 Å². The number of rotatable bonds is 6. The molecule has 3 aromatic rings. The predicted octanol–water partition coefficient (Wildman–Crippen LogP) is 4.09. The molecule has 4 rings (SSSR count). The first kappa shape index (κ1) is 20.7. The summed E-state index contributed by atoms with van der Waals surface area (Å²) in [7, 11) is 0. The molecule has 3 amide bonds. The SMILES string of the molecule is Cc1ccc(N2C(=O)N(CC(=O)c3cc(C)n(Cc4ccco4)c3C)C(=O)[C@@H]2C)cc1. The molecule has 1 saturated heterocycles. The Hall–Kier alpha value is -3.61. The third-order valence-corrected chi connectivity index (χ3v) is 5.83. The number of urea groups is 1. The highest BCUT2D eigenvalue weighted by Crippen LogP contribution is 2.27. The fourth-order valence-corrected chi connectivity index (χ4v) is 4.02. The summed E-state index contributed by atoms with van der Waals surface area (Å²) in [5, 5.41) is 0. The molecule has 0 radical (unpaired) electrons. The first-order chi connectivity index (χ1) is 14.8. The van der Waals surface area contributed by atoms with Gasteiger partial charge in [0, 0.05) is 22.6 Å². The number of hydrogen-bond acceptors (Lipinski definition) is 4. The zero-order valence-electron chi connectivity index (χ0n) is 18.1. The average molecular weight is 419 g/mol. The van der Waals surface area contributed by atoms with E-state index in [1.807, 2.05) is 61.7 Å². The van der Waals surface area contributed by atoms with Crippen molar-refractivity contribution in [1.82, 2.24) is 9.47 Å². The van der Waals surface area contributed by atoms with Crippen LogP contribution in [-0.2, 0) is 11.3 Å². The minimum absolute atomic E-state index is 0.265. The molecule has 7 nitrogen and oxygen atoms in total. The van der Waals surface area contributed by atoms with E-state index in [1.54, 1.807) is 19.3 Å². The highest BCUT2D eigenvalue weighted by Gasteiger charge is 2.44. The highest BCUT2D eigenvalue weighted by atomic mass is 16.3. The van der Waals surface area contributed by atoms with E-state index in [1.165, 1.54) is 4.90 Å². The van der Waals surface area contributed by atoms with Gasteiger partial charge in [0.25, 0.3) is 5.91 Å². The molecule has 2 aromatic heterocycles. The quantitative estimate of drug-likeness (QED) is 0.445. The van der Waals surface area contributed by atoms with Crippen molar-refractivity contribution >= 4 is 23.4 Å². The molecule has 1 fully saturated rings. The van der Waals surface area contributed by atoms with Crippen molar-refractivity contribution in [3.63, 3.8) is 0 Å². The molecule has 160 valence electrons. The summed E-state index contributed by atoms with van der Waals surface area (Å²) < 4.78 is 7.40. The number of aryl methyl sites for hydroxylation is 2. The number of nitrogens with zero attached hydrogens (tertiary/aromatic N) is 3. The van der Waals surface area contributed by atoms with Crippen LogP contribution < -0.4 is 4.90 Å². The van der Waals surface area contributed by atoms with Crippen LogP contribution >= 0.6 is 0 Å². The van der Waals surface area contributed by atoms with E-state index in [9.17, 15) is 14.4 Å². The van der Waals surface area contributed by atoms with Gasteiger partial charge in [0.15, 0.2) is 5.78 Å². The van der Waals surface area contributed by atoms with Crippen LogP contribution in [0.25, 0.3) is 0 Å². The molecule has 1 aliphatic rings. The van der Waals surface area contributed by atoms with Crippen molar-refractivity contribution < 1.29 is 18.8 Å². The van der Waals surface area contributed by atoms with Gasteiger partial charge in [-0.15, -0.1) is 0 Å². The molecule has 0 N–H and O–H groups in total. The van der Waals surface area contributed by atoms with E-state index >= 15 is 0 Å². The molecule has 1 aromatic carbocycles. The Balaban J connectivity index is 1.55. The van der Waals surface area contributed by atoms with E-state index in [4.69, 9.17) is 4.42 Å². The number of furan rings is 1. The van der Waals surface area contributed by atoms with Gasteiger partial charge < -0.3 is 8.98 Å². The number of imide groups is 1. The fraction of sp³-hybridized carbons (Fsp3) is 0.292. The molecular weight excluding hydrogens is 394 g/mol. The third-order valence-electron chi connectivity index (χ3n) is 5.83. The summed E-state index contributed by atoms with van der Waals surface area (Å²) in [6.07, 6.45) is 1.61. The Bertz CT molecular complexity index is 1140. The summed E-state index contributed by atoms with van der Waals surface area (Å²) in [4.78, 5) is 41.4. The van der Waals surface area contributed by atoms with E-state index in [0.717, 1.165) is 27.6 Å². The summed E-state index contributed by atoms with van der Waals surface area (Å²) in [5.74, 6) is 0.148. The maximum absolute atomic E-state index is 13.1. The van der Waals surface area contributed by atoms with Gasteiger partial charge in [0.1, 0.15) is 11.8 Å². The van der Waals surface area contributed by atoms with Crippen LogP contribution in [-0.4, -0.2) is 39.8 Å². The minimum Gasteiger partial charge on any atom is -0.467 e. The predicted molar refractivity (Wildman–Crippen MR) is 116 cm³/mol. The third kappa shape index (κ3) is 3.67. The van der Waals surface area contributed by atoms with Gasteiger partial charge in [-0.2, -0.15) is 0 Å². The van der Waals surface area contributed by atoms with Gasteiger partial charge in [-0.3, -0.25) is 19.4 Å². The molecule has 1 atom stereocenters. The van der Waals surface area contributed by atoms with Crippen LogP contribution in [0.1, 0.15) is 40.0 Å². The number of benzene rings is 1. The van der Waals surface area contributed by atoms with Crippen LogP contribution in [0, 0.1) is 20.8 Å². The Morgan fingerprint density at radius 2 is 1.77 bits per heavy atom. The number of ketones is 1. The Morgan fingerprint density at radius 3 is 2.42 bits per heavy atom. The van der Waals surface area contributed by atoms with Gasteiger partial charge in [0.2, 0.25) is 0 Å². The highest BCUT2D eigenvalue weighted by molar-refractivity contribution is 6.16. The number of Topliss-reactive ketones (excluding diaryl/α,β-unsaturated/α-hetero) is 1. The normalized spacial score (nSPS) is 16.5. The average Bonchev–Trinajstić information content (AvgIpc) is 3.41. The van der Waals surface area contributed by atoms with Crippen molar-refractivity contribution in [2.45, 2.75) is 40.3 Å². The second kappa shape index (κ2) is 7.91. The first-order valence-electron chi connectivity index (χ1n) is 10.2. The van der Waals surface area contributed by atoms with Gasteiger partial charge >= 0.3 is 6.03 Å². The zero-order chi connectivity index (χ0) is 22.3. The van der Waals surface area contributed by atoms with E-state index in [2.05, 4.69) is 0 Å². The lowest BCUT2D eigenvalue weighted by molar-refractivity contribution is -0.126. The van der Waals surface area contributed by atoms with Crippen LogP contribution in [0.5, 0.6) is 0 Å². The summed E-state index contributed by atoms with van der Waals surface area (Å²) in [6.45, 7) is 7.64. The Morgan fingerprint density at radius 1 is 1.06 bits per heavy atom. The molecule has 0 spiro atoms. The Kier molecular flexibility index (Phi) is 5.27. The summed E-state index contributed by atoms with van der Waals surface area (Å²) in [5.41, 5.74) is 3.90. The molecule has 1 aliphatic heterocycles. The lowest BCUT2D eigenvalue weighted by Gasteiger charge is -2.19. The molecule has 0 saturated carbocycles. The van der Waals surface area contributed by atoms with Crippen LogP contribution in [0.15, 0.2) is 53.1 Å². The van der Waals surface area contributed by atoms with Crippen LogP contribution in [0.2, 0.25) is 0 Å². The van der Waals surface area contributed by atoms with Crippen molar-refractivity contribution in [2.75, 3.05) is 11.4 Å². The summed E-state index contributed by atoms with van der Waals surface area (Å²) >= 11 is 0. The largest absolute Gasteiger partial charge is 0.467 e. The van der Waals surface area contributed by atoms with Gasteiger partial charge in [0.05, 0.1) is 19.4 Å². The number of carbonyl (C=O) groups excluding carboxylic acids is 3. The van der Waals surface area contributed by atoms with E-state index < -0.39 is 12.1 Å². The number of hydrogen-bond donors (Lipinski definition) is 0. The molecule has 0 unspecified atom stereocenters. The second-order valence-electron chi connectivity index (χ2n) is 7.96. The van der Waals surface area contributed by atoms with Crippen molar-refractivity contribution in [3.05, 3.63) is 77.0 Å². The van der Waals surface area contributed by atoms with Crippen LogP contribution in [0.3, 0.4) is 0 Å².